The van der Waals surface area contributed by atoms with E-state index in [1.165, 1.54) is 0 Å². The zero-order valence-electron chi connectivity index (χ0n) is 12.3. The molecule has 1 aliphatic carbocycles. The Balaban J connectivity index is 1.60. The standard InChI is InChI=1S/C13H21F3N4O2/c14-13(15,16)9-17-11(21)7-19-3-5-20(6-4-19)8-12(22)18-10-1-2-10/h10H,1-9H2,(H,17,21)(H,18,22). The molecule has 1 heterocycles. The molecule has 0 bridgehead atoms. The molecular weight excluding hydrogens is 301 g/mol. The van der Waals surface area contributed by atoms with Crippen LogP contribution < -0.4 is 10.6 Å². The van der Waals surface area contributed by atoms with E-state index in [0.717, 1.165) is 12.8 Å². The third-order valence-electron chi connectivity index (χ3n) is 3.63. The Hall–Kier alpha value is -1.35. The minimum absolute atomic E-state index is 0.0128. The number of amides is 2. The average molecular weight is 322 g/mol. The second-order valence-corrected chi connectivity index (χ2v) is 5.79. The summed E-state index contributed by atoms with van der Waals surface area (Å²) in [6, 6.07) is 0.339. The van der Waals surface area contributed by atoms with Gasteiger partial charge in [0.1, 0.15) is 6.54 Å². The number of halogens is 3. The Kier molecular flexibility index (Phi) is 5.63. The van der Waals surface area contributed by atoms with E-state index < -0.39 is 18.6 Å². The lowest BCUT2D eigenvalue weighted by atomic mass is 10.3. The summed E-state index contributed by atoms with van der Waals surface area (Å²) >= 11 is 0. The van der Waals surface area contributed by atoms with Crippen LogP contribution in [-0.4, -0.2) is 79.6 Å². The summed E-state index contributed by atoms with van der Waals surface area (Å²) in [4.78, 5) is 26.9. The second kappa shape index (κ2) is 7.28. The highest BCUT2D eigenvalue weighted by molar-refractivity contribution is 5.79. The number of carbonyl (C=O) groups is 2. The molecule has 9 heteroatoms. The Morgan fingerprint density at radius 3 is 1.91 bits per heavy atom. The summed E-state index contributed by atoms with van der Waals surface area (Å²) < 4.78 is 36.0. The molecule has 22 heavy (non-hydrogen) atoms. The SMILES string of the molecule is O=C(CN1CCN(CC(=O)NC2CC2)CC1)NCC(F)(F)F. The van der Waals surface area contributed by atoms with Crippen LogP contribution in [0, 0.1) is 0 Å². The van der Waals surface area contributed by atoms with Crippen molar-refractivity contribution in [2.45, 2.75) is 25.1 Å². The Bertz CT molecular complexity index is 405. The van der Waals surface area contributed by atoms with Gasteiger partial charge < -0.3 is 10.6 Å². The van der Waals surface area contributed by atoms with Crippen LogP contribution in [0.15, 0.2) is 0 Å². The van der Waals surface area contributed by atoms with Gasteiger partial charge >= 0.3 is 6.18 Å². The molecule has 1 saturated heterocycles. The number of nitrogens with one attached hydrogen (secondary N) is 2. The van der Waals surface area contributed by atoms with Crippen molar-refractivity contribution in [1.82, 2.24) is 20.4 Å². The minimum atomic E-state index is -4.39. The molecule has 1 saturated carbocycles. The molecule has 2 amide bonds. The molecule has 0 spiro atoms. The third-order valence-corrected chi connectivity index (χ3v) is 3.63. The first kappa shape index (κ1) is 17.0. The third kappa shape index (κ3) is 6.61. The van der Waals surface area contributed by atoms with E-state index in [4.69, 9.17) is 0 Å². The molecule has 2 fully saturated rings. The van der Waals surface area contributed by atoms with E-state index in [0.29, 0.717) is 38.8 Å². The fraction of sp³-hybridized carbons (Fsp3) is 0.846. The normalized spacial score (nSPS) is 20.7. The molecular formula is C13H21F3N4O2. The molecule has 6 nitrogen and oxygen atoms in total. The van der Waals surface area contributed by atoms with E-state index >= 15 is 0 Å². The Morgan fingerprint density at radius 2 is 1.45 bits per heavy atom. The zero-order valence-corrected chi connectivity index (χ0v) is 12.3. The number of alkyl halides is 3. The molecule has 1 aliphatic heterocycles. The lowest BCUT2D eigenvalue weighted by molar-refractivity contribution is -0.139. The van der Waals surface area contributed by atoms with Gasteiger partial charge in [-0.3, -0.25) is 19.4 Å². The summed E-state index contributed by atoms with van der Waals surface area (Å²) in [6.07, 6.45) is -2.29. The molecule has 2 N–H and O–H groups in total. The van der Waals surface area contributed by atoms with Crippen LogP contribution in [0.2, 0.25) is 0 Å². The first-order valence-corrected chi connectivity index (χ1v) is 7.39. The van der Waals surface area contributed by atoms with Gasteiger partial charge in [-0.05, 0) is 12.8 Å². The van der Waals surface area contributed by atoms with Gasteiger partial charge in [0.05, 0.1) is 13.1 Å². The van der Waals surface area contributed by atoms with Crippen LogP contribution in [-0.2, 0) is 9.59 Å². The van der Waals surface area contributed by atoms with Crippen molar-refractivity contribution in [3.8, 4) is 0 Å². The number of hydrogen-bond acceptors (Lipinski definition) is 4. The quantitative estimate of drug-likeness (QED) is 0.696. The van der Waals surface area contributed by atoms with Crippen LogP contribution in [0.3, 0.4) is 0 Å². The largest absolute Gasteiger partial charge is 0.405 e. The highest BCUT2D eigenvalue weighted by Gasteiger charge is 2.29. The molecule has 0 radical (unpaired) electrons. The lowest BCUT2D eigenvalue weighted by Crippen LogP contribution is -2.52. The van der Waals surface area contributed by atoms with Crippen molar-refractivity contribution in [3.05, 3.63) is 0 Å². The van der Waals surface area contributed by atoms with E-state index in [9.17, 15) is 22.8 Å². The summed E-state index contributed by atoms with van der Waals surface area (Å²) in [5.41, 5.74) is 0. The maximum absolute atomic E-state index is 12.0. The van der Waals surface area contributed by atoms with Crippen molar-refractivity contribution in [3.63, 3.8) is 0 Å². The van der Waals surface area contributed by atoms with Crippen molar-refractivity contribution >= 4 is 11.8 Å². The molecule has 0 atom stereocenters. The minimum Gasteiger partial charge on any atom is -0.352 e. The maximum Gasteiger partial charge on any atom is 0.405 e. The molecule has 126 valence electrons. The van der Waals surface area contributed by atoms with E-state index in [-0.39, 0.29) is 12.5 Å². The Labute approximate surface area is 127 Å². The number of carbonyl (C=O) groups excluding carboxylic acids is 2. The van der Waals surface area contributed by atoms with Crippen molar-refractivity contribution in [1.29, 1.82) is 0 Å². The summed E-state index contributed by atoms with van der Waals surface area (Å²) in [5, 5.41) is 4.77. The zero-order chi connectivity index (χ0) is 16.2. The molecule has 0 aromatic heterocycles. The van der Waals surface area contributed by atoms with Gasteiger partial charge in [-0.15, -0.1) is 0 Å². The smallest absolute Gasteiger partial charge is 0.352 e. The number of piperazine rings is 1. The van der Waals surface area contributed by atoms with E-state index in [1.807, 2.05) is 10.2 Å². The second-order valence-electron chi connectivity index (χ2n) is 5.79. The predicted molar refractivity (Wildman–Crippen MR) is 73.1 cm³/mol. The van der Waals surface area contributed by atoms with Gasteiger partial charge in [-0.1, -0.05) is 0 Å². The van der Waals surface area contributed by atoms with Gasteiger partial charge in [0, 0.05) is 32.2 Å². The summed E-state index contributed by atoms with van der Waals surface area (Å²) in [6.45, 7) is 1.39. The van der Waals surface area contributed by atoms with Crippen molar-refractivity contribution in [2.24, 2.45) is 0 Å². The van der Waals surface area contributed by atoms with Crippen LogP contribution >= 0.6 is 0 Å². The van der Waals surface area contributed by atoms with Crippen LogP contribution in [0.1, 0.15) is 12.8 Å². The van der Waals surface area contributed by atoms with Gasteiger partial charge in [0.15, 0.2) is 0 Å². The Morgan fingerprint density at radius 1 is 0.955 bits per heavy atom. The van der Waals surface area contributed by atoms with Crippen LogP contribution in [0.5, 0.6) is 0 Å². The van der Waals surface area contributed by atoms with Gasteiger partial charge in [0.2, 0.25) is 11.8 Å². The highest BCUT2D eigenvalue weighted by atomic mass is 19.4. The monoisotopic (exact) mass is 322 g/mol. The fourth-order valence-corrected chi connectivity index (χ4v) is 2.27. The molecule has 2 aliphatic rings. The molecule has 0 aromatic carbocycles. The van der Waals surface area contributed by atoms with E-state index in [1.54, 1.807) is 4.90 Å². The number of rotatable bonds is 6. The molecule has 0 unspecified atom stereocenters. The van der Waals surface area contributed by atoms with Crippen LogP contribution in [0.25, 0.3) is 0 Å². The highest BCUT2D eigenvalue weighted by Crippen LogP contribution is 2.18. The topological polar surface area (TPSA) is 64.7 Å². The van der Waals surface area contributed by atoms with E-state index in [2.05, 4.69) is 5.32 Å². The number of nitrogens with zero attached hydrogens (tertiary/aromatic N) is 2. The van der Waals surface area contributed by atoms with Gasteiger partial charge in [-0.2, -0.15) is 13.2 Å². The van der Waals surface area contributed by atoms with Gasteiger partial charge in [0.25, 0.3) is 0 Å². The first-order chi connectivity index (χ1) is 10.3. The molecule has 0 aromatic rings. The van der Waals surface area contributed by atoms with Crippen molar-refractivity contribution in [2.75, 3.05) is 45.8 Å². The average Bonchev–Trinajstić information content (AvgIpc) is 3.22. The first-order valence-electron chi connectivity index (χ1n) is 7.39. The molecule has 2 rings (SSSR count). The fourth-order valence-electron chi connectivity index (χ4n) is 2.27. The van der Waals surface area contributed by atoms with Crippen LogP contribution in [0.4, 0.5) is 13.2 Å². The predicted octanol–water partition coefficient (Wildman–Crippen LogP) is -0.439. The summed E-state index contributed by atoms with van der Waals surface area (Å²) in [7, 11) is 0. The lowest BCUT2D eigenvalue weighted by Gasteiger charge is -2.33. The van der Waals surface area contributed by atoms with Crippen molar-refractivity contribution < 1.29 is 22.8 Å². The maximum atomic E-state index is 12.0. The number of hydrogen-bond donors (Lipinski definition) is 2. The van der Waals surface area contributed by atoms with Gasteiger partial charge in [-0.25, -0.2) is 0 Å². The summed E-state index contributed by atoms with van der Waals surface area (Å²) in [5.74, 6) is -0.615.